The molecule has 0 bridgehead atoms. The fraction of sp³-hybridized carbons (Fsp3) is 0.0435. The summed E-state index contributed by atoms with van der Waals surface area (Å²) in [4.78, 5) is 0. The molecule has 24 heavy (non-hydrogen) atoms. The van der Waals surface area contributed by atoms with E-state index in [1.807, 2.05) is 12.1 Å². The summed E-state index contributed by atoms with van der Waals surface area (Å²) in [5, 5.41) is 19.8. The summed E-state index contributed by atoms with van der Waals surface area (Å²) >= 11 is 0. The Bertz CT molecular complexity index is 1270. The first-order valence-electron chi connectivity index (χ1n) is 8.19. The highest BCUT2D eigenvalue weighted by Gasteiger charge is 2.09. The van der Waals surface area contributed by atoms with Gasteiger partial charge in [0.2, 0.25) is 0 Å². The van der Waals surface area contributed by atoms with Crippen LogP contribution in [0.3, 0.4) is 0 Å². The normalized spacial score (nSPS) is 11.7. The number of rotatable bonds is 0. The predicted molar refractivity (Wildman–Crippen MR) is 103 cm³/mol. The molecule has 0 amide bonds. The number of hydrogen-bond acceptors (Lipinski definition) is 1. The highest BCUT2D eigenvalue weighted by Crippen LogP contribution is 2.36. The van der Waals surface area contributed by atoms with Gasteiger partial charge in [0.1, 0.15) is 5.75 Å². The third kappa shape index (κ3) is 1.75. The van der Waals surface area contributed by atoms with Crippen molar-refractivity contribution >= 4 is 43.1 Å². The van der Waals surface area contributed by atoms with Crippen molar-refractivity contribution in [2.75, 3.05) is 0 Å². The van der Waals surface area contributed by atoms with Crippen LogP contribution in [0.2, 0.25) is 0 Å². The Morgan fingerprint density at radius 2 is 1.17 bits per heavy atom. The van der Waals surface area contributed by atoms with Crippen LogP contribution < -0.4 is 0 Å². The minimum absolute atomic E-state index is 0.316. The zero-order valence-electron chi connectivity index (χ0n) is 13.4. The predicted octanol–water partition coefficient (Wildman–Crippen LogP) is 6.31. The Balaban J connectivity index is 2.03. The molecule has 5 aromatic carbocycles. The van der Waals surface area contributed by atoms with Crippen molar-refractivity contribution in [2.24, 2.45) is 0 Å². The van der Waals surface area contributed by atoms with E-state index in [0.717, 1.165) is 5.39 Å². The van der Waals surface area contributed by atoms with Gasteiger partial charge in [0.25, 0.3) is 0 Å². The Labute approximate surface area is 139 Å². The van der Waals surface area contributed by atoms with Crippen molar-refractivity contribution in [2.45, 2.75) is 6.92 Å². The Morgan fingerprint density at radius 1 is 0.542 bits per heavy atom. The summed E-state index contributed by atoms with van der Waals surface area (Å²) in [6, 6.07) is 25.3. The van der Waals surface area contributed by atoms with E-state index in [9.17, 15) is 5.11 Å². The molecule has 0 atom stereocenters. The van der Waals surface area contributed by atoms with Crippen LogP contribution in [-0.2, 0) is 0 Å². The maximum atomic E-state index is 9.82. The zero-order chi connectivity index (χ0) is 16.3. The molecule has 1 heteroatoms. The average Bonchev–Trinajstić information content (AvgIpc) is 2.61. The zero-order valence-corrected chi connectivity index (χ0v) is 13.4. The summed E-state index contributed by atoms with van der Waals surface area (Å²) in [7, 11) is 0. The first kappa shape index (κ1) is 13.4. The van der Waals surface area contributed by atoms with Crippen LogP contribution in [0.4, 0.5) is 0 Å². The molecule has 0 fully saturated rings. The molecular formula is C23H16O. The van der Waals surface area contributed by atoms with Gasteiger partial charge in [0, 0.05) is 0 Å². The largest absolute Gasteiger partial charge is 0.508 e. The smallest absolute Gasteiger partial charge is 0.116 e. The van der Waals surface area contributed by atoms with E-state index < -0.39 is 0 Å². The van der Waals surface area contributed by atoms with E-state index in [0.29, 0.717) is 5.75 Å². The molecule has 0 unspecified atom stereocenters. The quantitative estimate of drug-likeness (QED) is 0.332. The standard InChI is InChI=1S/C23H16O/c1-14-12-23-20-8-6-15-4-2-3-5-17(15)18(20)10-11-21(23)19-9-7-16(24)13-22(14)19/h2-13,24H,1H3. The second-order valence-electron chi connectivity index (χ2n) is 6.47. The van der Waals surface area contributed by atoms with Gasteiger partial charge in [-0.25, -0.2) is 0 Å². The third-order valence-corrected chi connectivity index (χ3v) is 5.05. The van der Waals surface area contributed by atoms with E-state index in [2.05, 4.69) is 61.5 Å². The van der Waals surface area contributed by atoms with Crippen molar-refractivity contribution in [1.82, 2.24) is 0 Å². The molecule has 1 N–H and O–H groups in total. The van der Waals surface area contributed by atoms with Crippen LogP contribution in [0.1, 0.15) is 5.56 Å². The van der Waals surface area contributed by atoms with Gasteiger partial charge in [-0.2, -0.15) is 0 Å². The maximum Gasteiger partial charge on any atom is 0.116 e. The highest BCUT2D eigenvalue weighted by atomic mass is 16.3. The second kappa shape index (κ2) is 4.72. The summed E-state index contributed by atoms with van der Waals surface area (Å²) in [5.41, 5.74) is 1.19. The SMILES string of the molecule is Cc1cc2c(ccc3c4ccccc4ccc32)c2ccc(O)cc12. The number of phenolic OH excluding ortho intramolecular Hbond substituents is 1. The van der Waals surface area contributed by atoms with Crippen LogP contribution in [0.5, 0.6) is 5.75 Å². The molecule has 0 saturated heterocycles. The molecular weight excluding hydrogens is 292 g/mol. The van der Waals surface area contributed by atoms with Crippen molar-refractivity contribution < 1.29 is 5.11 Å². The van der Waals surface area contributed by atoms with Gasteiger partial charge in [-0.1, -0.05) is 60.7 Å². The van der Waals surface area contributed by atoms with Crippen molar-refractivity contribution in [3.63, 3.8) is 0 Å². The first-order valence-corrected chi connectivity index (χ1v) is 8.19. The van der Waals surface area contributed by atoms with Crippen molar-refractivity contribution in [1.29, 1.82) is 0 Å². The fourth-order valence-corrected chi connectivity index (χ4v) is 3.89. The number of fused-ring (bicyclic) bond motifs is 7. The topological polar surface area (TPSA) is 20.2 Å². The van der Waals surface area contributed by atoms with Gasteiger partial charge in [-0.3, -0.25) is 0 Å². The summed E-state index contributed by atoms with van der Waals surface area (Å²) in [6.45, 7) is 2.11. The molecule has 5 aromatic rings. The first-order chi connectivity index (χ1) is 11.7. The number of hydrogen-bond donors (Lipinski definition) is 1. The van der Waals surface area contributed by atoms with Gasteiger partial charge < -0.3 is 5.11 Å². The van der Waals surface area contributed by atoms with Crippen LogP contribution in [-0.4, -0.2) is 5.11 Å². The lowest BCUT2D eigenvalue weighted by atomic mass is 9.92. The van der Waals surface area contributed by atoms with E-state index >= 15 is 0 Å². The molecule has 0 saturated carbocycles. The summed E-state index contributed by atoms with van der Waals surface area (Å²) < 4.78 is 0. The van der Waals surface area contributed by atoms with Gasteiger partial charge in [0.15, 0.2) is 0 Å². The van der Waals surface area contributed by atoms with Crippen molar-refractivity contribution in [3.8, 4) is 5.75 Å². The van der Waals surface area contributed by atoms with Gasteiger partial charge in [-0.05, 0) is 67.7 Å². The van der Waals surface area contributed by atoms with Crippen LogP contribution in [0.25, 0.3) is 43.1 Å². The monoisotopic (exact) mass is 308 g/mol. The van der Waals surface area contributed by atoms with Crippen LogP contribution in [0, 0.1) is 6.92 Å². The third-order valence-electron chi connectivity index (χ3n) is 5.05. The molecule has 0 aliphatic carbocycles. The van der Waals surface area contributed by atoms with E-state index in [-0.39, 0.29) is 0 Å². The molecule has 0 aliphatic rings. The van der Waals surface area contributed by atoms with E-state index in [1.165, 1.54) is 43.3 Å². The molecule has 5 rings (SSSR count). The molecule has 0 heterocycles. The molecule has 0 radical (unpaired) electrons. The second-order valence-corrected chi connectivity index (χ2v) is 6.47. The van der Waals surface area contributed by atoms with Crippen LogP contribution >= 0.6 is 0 Å². The highest BCUT2D eigenvalue weighted by molar-refractivity contribution is 6.22. The lowest BCUT2D eigenvalue weighted by molar-refractivity contribution is 0.476. The number of phenols is 1. The van der Waals surface area contributed by atoms with E-state index in [1.54, 1.807) is 6.07 Å². The lowest BCUT2D eigenvalue weighted by Gasteiger charge is -2.12. The van der Waals surface area contributed by atoms with Gasteiger partial charge in [0.05, 0.1) is 0 Å². The Hall–Kier alpha value is -3.06. The average molecular weight is 308 g/mol. The molecule has 0 spiro atoms. The summed E-state index contributed by atoms with van der Waals surface area (Å²) in [6.07, 6.45) is 0. The number of benzene rings is 5. The van der Waals surface area contributed by atoms with Gasteiger partial charge >= 0.3 is 0 Å². The minimum Gasteiger partial charge on any atom is -0.508 e. The van der Waals surface area contributed by atoms with E-state index in [4.69, 9.17) is 0 Å². The summed E-state index contributed by atoms with van der Waals surface area (Å²) in [5.74, 6) is 0.316. The van der Waals surface area contributed by atoms with Gasteiger partial charge in [-0.15, -0.1) is 0 Å². The minimum atomic E-state index is 0.316. The maximum absolute atomic E-state index is 9.82. The molecule has 1 nitrogen and oxygen atoms in total. The lowest BCUT2D eigenvalue weighted by Crippen LogP contribution is -1.85. The van der Waals surface area contributed by atoms with Crippen molar-refractivity contribution in [3.05, 3.63) is 78.4 Å². The molecule has 0 aliphatic heterocycles. The molecule has 0 aromatic heterocycles. The number of aromatic hydroxyl groups is 1. The fourth-order valence-electron chi connectivity index (χ4n) is 3.89. The Morgan fingerprint density at radius 3 is 2.00 bits per heavy atom. The Kier molecular flexibility index (Phi) is 2.63. The molecule has 114 valence electrons. The van der Waals surface area contributed by atoms with Crippen LogP contribution in [0.15, 0.2) is 72.8 Å². The number of aryl methyl sites for hydroxylation is 1.